The van der Waals surface area contributed by atoms with Crippen LogP contribution in [-0.2, 0) is 0 Å². The molecule has 14 heavy (non-hydrogen) atoms. The van der Waals surface area contributed by atoms with Crippen LogP contribution in [0.2, 0.25) is 0 Å². The van der Waals surface area contributed by atoms with E-state index in [4.69, 9.17) is 20.4 Å². The number of aliphatic hydroxyl groups excluding tert-OH is 5. The van der Waals surface area contributed by atoms with E-state index in [0.29, 0.717) is 0 Å². The lowest BCUT2D eigenvalue weighted by Crippen LogP contribution is -2.48. The number of rotatable bonds is 6. The molecule has 0 amide bonds. The second kappa shape index (κ2) is 8.37. The Morgan fingerprint density at radius 2 is 1.43 bits per heavy atom. The molecule has 0 bridgehead atoms. The maximum Gasteiger partial charge on any atom is 0.111 e. The summed E-state index contributed by atoms with van der Waals surface area (Å²) in [5, 5.41) is 47.5. The summed E-state index contributed by atoms with van der Waals surface area (Å²) >= 11 is 0. The van der Waals surface area contributed by atoms with Crippen LogP contribution >= 0.6 is 12.4 Å². The van der Waals surface area contributed by atoms with Crippen LogP contribution in [0.25, 0.3) is 0 Å². The Morgan fingerprint density at radius 1 is 1.00 bits per heavy atom. The average molecular weight is 232 g/mol. The van der Waals surface area contributed by atoms with Crippen LogP contribution in [0.3, 0.4) is 0 Å². The molecule has 0 radical (unpaired) electrons. The van der Waals surface area contributed by atoms with Gasteiger partial charge >= 0.3 is 0 Å². The zero-order valence-electron chi connectivity index (χ0n) is 7.87. The molecule has 0 aliphatic heterocycles. The van der Waals surface area contributed by atoms with Crippen molar-refractivity contribution in [3.05, 3.63) is 0 Å². The van der Waals surface area contributed by atoms with E-state index < -0.39 is 31.0 Å². The van der Waals surface area contributed by atoms with Crippen LogP contribution < -0.4 is 5.32 Å². The van der Waals surface area contributed by atoms with Gasteiger partial charge in [-0.15, -0.1) is 12.4 Å². The number of nitrogens with one attached hydrogen (secondary N) is 1. The van der Waals surface area contributed by atoms with Crippen molar-refractivity contribution in [2.75, 3.05) is 20.2 Å². The molecule has 0 aliphatic carbocycles. The lowest BCUT2D eigenvalue weighted by Gasteiger charge is -2.25. The van der Waals surface area contributed by atoms with E-state index in [1.54, 1.807) is 7.05 Å². The van der Waals surface area contributed by atoms with Crippen molar-refractivity contribution < 1.29 is 25.5 Å². The molecule has 0 fully saturated rings. The largest absolute Gasteiger partial charge is 0.394 e. The van der Waals surface area contributed by atoms with Gasteiger partial charge in [-0.2, -0.15) is 0 Å². The Balaban J connectivity index is 0. The third kappa shape index (κ3) is 5.06. The predicted molar refractivity (Wildman–Crippen MR) is 52.3 cm³/mol. The van der Waals surface area contributed by atoms with Gasteiger partial charge in [-0.1, -0.05) is 0 Å². The highest BCUT2D eigenvalue weighted by molar-refractivity contribution is 5.85. The van der Waals surface area contributed by atoms with Crippen LogP contribution in [-0.4, -0.2) is 70.1 Å². The van der Waals surface area contributed by atoms with Crippen molar-refractivity contribution in [2.24, 2.45) is 0 Å². The van der Waals surface area contributed by atoms with Crippen LogP contribution in [0.4, 0.5) is 0 Å². The molecule has 0 spiro atoms. The number of hydrogen-bond donors (Lipinski definition) is 6. The van der Waals surface area contributed by atoms with Gasteiger partial charge in [-0.3, -0.25) is 0 Å². The summed E-state index contributed by atoms with van der Waals surface area (Å²) in [7, 11) is 1.57. The molecule has 7 heteroatoms. The molecular formula is C7H18ClNO5. The SMILES string of the molecule is CNCC(O)C(O)C(O)C(O)CO.Cl. The molecule has 4 atom stereocenters. The second-order valence-corrected chi connectivity index (χ2v) is 2.86. The number of aliphatic hydroxyl groups is 5. The van der Waals surface area contributed by atoms with Crippen molar-refractivity contribution in [1.29, 1.82) is 0 Å². The van der Waals surface area contributed by atoms with Crippen molar-refractivity contribution in [2.45, 2.75) is 24.4 Å². The lowest BCUT2D eigenvalue weighted by molar-refractivity contribution is -0.113. The van der Waals surface area contributed by atoms with Crippen LogP contribution in [0.15, 0.2) is 0 Å². The van der Waals surface area contributed by atoms with Gasteiger partial charge in [-0.25, -0.2) is 0 Å². The monoisotopic (exact) mass is 231 g/mol. The summed E-state index contributed by atoms with van der Waals surface area (Å²) in [5.41, 5.74) is 0. The molecule has 88 valence electrons. The van der Waals surface area contributed by atoms with Crippen molar-refractivity contribution >= 4 is 12.4 Å². The molecule has 0 aliphatic rings. The Bertz CT molecular complexity index is 139. The van der Waals surface area contributed by atoms with E-state index in [1.807, 2.05) is 0 Å². The lowest BCUT2D eigenvalue weighted by atomic mass is 10.0. The minimum atomic E-state index is -1.55. The van der Waals surface area contributed by atoms with Crippen molar-refractivity contribution in [3.8, 4) is 0 Å². The quantitative estimate of drug-likeness (QED) is 0.292. The Labute approximate surface area is 88.6 Å². The van der Waals surface area contributed by atoms with E-state index in [-0.39, 0.29) is 19.0 Å². The predicted octanol–water partition coefficient (Wildman–Crippen LogP) is -2.94. The maximum atomic E-state index is 9.21. The molecule has 0 saturated carbocycles. The van der Waals surface area contributed by atoms with Gasteiger partial charge < -0.3 is 30.8 Å². The van der Waals surface area contributed by atoms with Crippen LogP contribution in [0.5, 0.6) is 0 Å². The van der Waals surface area contributed by atoms with Gasteiger partial charge in [-0.05, 0) is 7.05 Å². The number of likely N-dealkylation sites (N-methyl/N-ethyl adjacent to an activating group) is 1. The standard InChI is InChI=1S/C7H17NO5.ClH/c1-8-2-4(10)6(12)7(13)5(11)3-9;/h4-13H,2-3H2,1H3;1H. The highest BCUT2D eigenvalue weighted by atomic mass is 35.5. The minimum Gasteiger partial charge on any atom is -0.394 e. The molecule has 0 aromatic rings. The van der Waals surface area contributed by atoms with E-state index in [9.17, 15) is 5.11 Å². The first kappa shape index (κ1) is 16.5. The van der Waals surface area contributed by atoms with Crippen molar-refractivity contribution in [1.82, 2.24) is 5.32 Å². The number of halogens is 1. The summed E-state index contributed by atoms with van der Waals surface area (Å²) in [5.74, 6) is 0. The van der Waals surface area contributed by atoms with E-state index >= 15 is 0 Å². The average Bonchev–Trinajstić information content (AvgIpc) is 2.14. The Morgan fingerprint density at radius 3 is 1.79 bits per heavy atom. The highest BCUT2D eigenvalue weighted by Gasteiger charge is 2.29. The molecule has 0 aromatic heterocycles. The van der Waals surface area contributed by atoms with Gasteiger partial charge in [0.1, 0.15) is 18.3 Å². The van der Waals surface area contributed by atoms with Gasteiger partial charge in [0, 0.05) is 6.54 Å². The maximum absolute atomic E-state index is 9.21. The zero-order valence-corrected chi connectivity index (χ0v) is 8.68. The van der Waals surface area contributed by atoms with E-state index in [2.05, 4.69) is 5.32 Å². The fourth-order valence-electron chi connectivity index (χ4n) is 0.893. The first-order chi connectivity index (χ1) is 6.04. The smallest absolute Gasteiger partial charge is 0.111 e. The fraction of sp³-hybridized carbons (Fsp3) is 1.00. The van der Waals surface area contributed by atoms with Crippen LogP contribution in [0, 0.1) is 0 Å². The summed E-state index contributed by atoms with van der Waals surface area (Å²) in [4.78, 5) is 0. The van der Waals surface area contributed by atoms with Gasteiger partial charge in [0.15, 0.2) is 0 Å². The molecule has 0 heterocycles. The molecule has 4 unspecified atom stereocenters. The summed E-state index contributed by atoms with van der Waals surface area (Å²) in [6.45, 7) is -0.569. The molecular weight excluding hydrogens is 214 g/mol. The fourth-order valence-corrected chi connectivity index (χ4v) is 0.893. The molecule has 6 N–H and O–H groups in total. The van der Waals surface area contributed by atoms with E-state index in [0.717, 1.165) is 0 Å². The minimum absolute atomic E-state index is 0. The van der Waals surface area contributed by atoms with Gasteiger partial charge in [0.2, 0.25) is 0 Å². The topological polar surface area (TPSA) is 113 Å². The third-order valence-corrected chi connectivity index (χ3v) is 1.74. The molecule has 0 saturated heterocycles. The summed E-state index contributed by atoms with van der Waals surface area (Å²) in [6, 6.07) is 0. The van der Waals surface area contributed by atoms with Gasteiger partial charge in [0.05, 0.1) is 12.7 Å². The Hall–Kier alpha value is 0.0500. The Kier molecular flexibility index (Phi) is 9.85. The van der Waals surface area contributed by atoms with E-state index in [1.165, 1.54) is 0 Å². The van der Waals surface area contributed by atoms with Gasteiger partial charge in [0.25, 0.3) is 0 Å². The van der Waals surface area contributed by atoms with Crippen molar-refractivity contribution in [3.63, 3.8) is 0 Å². The van der Waals surface area contributed by atoms with Crippen LogP contribution in [0.1, 0.15) is 0 Å². The summed E-state index contributed by atoms with van der Waals surface area (Å²) < 4.78 is 0. The second-order valence-electron chi connectivity index (χ2n) is 2.86. The third-order valence-electron chi connectivity index (χ3n) is 1.74. The molecule has 0 rings (SSSR count). The molecule has 0 aromatic carbocycles. The zero-order chi connectivity index (χ0) is 10.4. The summed E-state index contributed by atoms with van der Waals surface area (Å²) in [6.07, 6.45) is -5.65. The first-order valence-corrected chi connectivity index (χ1v) is 4.02. The molecule has 6 nitrogen and oxygen atoms in total. The number of hydrogen-bond acceptors (Lipinski definition) is 6. The highest BCUT2D eigenvalue weighted by Crippen LogP contribution is 2.04. The first-order valence-electron chi connectivity index (χ1n) is 4.02. The normalized spacial score (nSPS) is 19.3.